The van der Waals surface area contributed by atoms with Gasteiger partial charge in [0.15, 0.2) is 0 Å². The van der Waals surface area contributed by atoms with Gasteiger partial charge in [-0.25, -0.2) is 0 Å². The molecule has 3 atom stereocenters. The van der Waals surface area contributed by atoms with Gasteiger partial charge in [-0.15, -0.1) is 11.8 Å². The maximum absolute atomic E-state index is 12.8. The minimum atomic E-state index is -0.400. The van der Waals surface area contributed by atoms with Crippen molar-refractivity contribution in [1.29, 1.82) is 0 Å². The van der Waals surface area contributed by atoms with Gasteiger partial charge in [0.1, 0.15) is 11.4 Å². The number of nitrogens with one attached hydrogen (secondary N) is 1. The summed E-state index contributed by atoms with van der Waals surface area (Å²) in [5.41, 5.74) is 1.07. The van der Waals surface area contributed by atoms with Crippen molar-refractivity contribution < 1.29 is 9.59 Å². The van der Waals surface area contributed by atoms with Crippen LogP contribution in [-0.4, -0.2) is 59.1 Å². The van der Waals surface area contributed by atoms with Crippen molar-refractivity contribution in [2.45, 2.75) is 58.0 Å². The van der Waals surface area contributed by atoms with Crippen molar-refractivity contribution in [3.05, 3.63) is 35.9 Å². The lowest BCUT2D eigenvalue weighted by molar-refractivity contribution is -0.138. The number of rotatable bonds is 9. The fourth-order valence-electron chi connectivity index (χ4n) is 3.54. The van der Waals surface area contributed by atoms with E-state index in [0.717, 1.165) is 38.0 Å². The Labute approximate surface area is 167 Å². The quantitative estimate of drug-likeness (QED) is 0.702. The smallest absolute Gasteiger partial charge is 0.243 e. The lowest BCUT2D eigenvalue weighted by Gasteiger charge is -2.29. The molecule has 1 saturated heterocycles. The third-order valence-corrected chi connectivity index (χ3v) is 6.47. The summed E-state index contributed by atoms with van der Waals surface area (Å²) in [4.78, 5) is 29.2. The number of benzene rings is 1. The second-order valence-corrected chi connectivity index (χ2v) is 8.23. The van der Waals surface area contributed by atoms with Crippen LogP contribution in [0.1, 0.15) is 51.5 Å². The van der Waals surface area contributed by atoms with Crippen molar-refractivity contribution in [2.75, 3.05) is 25.4 Å². The first kappa shape index (κ1) is 21.8. The highest BCUT2D eigenvalue weighted by Crippen LogP contribution is 2.41. The number of amides is 2. The van der Waals surface area contributed by atoms with Crippen molar-refractivity contribution in [2.24, 2.45) is 0 Å². The second-order valence-electron chi connectivity index (χ2n) is 7.12. The average Bonchev–Trinajstić information content (AvgIpc) is 3.11. The van der Waals surface area contributed by atoms with Crippen LogP contribution in [0.4, 0.5) is 0 Å². The highest BCUT2D eigenvalue weighted by Gasteiger charge is 2.40. The third-order valence-electron chi connectivity index (χ3n) is 5.15. The molecule has 150 valence electrons. The average molecular weight is 392 g/mol. The Bertz CT molecular complexity index is 607. The number of hydrogen-bond acceptors (Lipinski definition) is 4. The fourth-order valence-corrected chi connectivity index (χ4v) is 5.02. The van der Waals surface area contributed by atoms with E-state index >= 15 is 0 Å². The molecular formula is C21H33N3O2S. The first-order chi connectivity index (χ1) is 13.0. The highest BCUT2D eigenvalue weighted by atomic mass is 32.2. The van der Waals surface area contributed by atoms with Crippen LogP contribution in [0.15, 0.2) is 30.3 Å². The van der Waals surface area contributed by atoms with E-state index in [0.29, 0.717) is 5.75 Å². The van der Waals surface area contributed by atoms with Crippen LogP contribution in [-0.2, 0) is 9.59 Å². The molecule has 1 aliphatic rings. The van der Waals surface area contributed by atoms with Crippen LogP contribution < -0.4 is 5.32 Å². The molecule has 0 bridgehead atoms. The van der Waals surface area contributed by atoms with Gasteiger partial charge in [-0.1, -0.05) is 44.2 Å². The minimum Gasteiger partial charge on any atom is -0.352 e. The molecule has 0 spiro atoms. The summed E-state index contributed by atoms with van der Waals surface area (Å²) in [5, 5.41) is 3.04. The number of thioether (sulfide) groups is 1. The van der Waals surface area contributed by atoms with Gasteiger partial charge in [-0.2, -0.15) is 0 Å². The predicted molar refractivity (Wildman–Crippen MR) is 113 cm³/mol. The van der Waals surface area contributed by atoms with Crippen molar-refractivity contribution in [3.8, 4) is 0 Å². The molecule has 0 saturated carbocycles. The molecule has 0 radical (unpaired) electrons. The summed E-state index contributed by atoms with van der Waals surface area (Å²) in [6.07, 6.45) is 2.01. The molecule has 5 nitrogen and oxygen atoms in total. The second kappa shape index (κ2) is 10.7. The topological polar surface area (TPSA) is 52.7 Å². The molecule has 2 rings (SSSR count). The molecule has 27 heavy (non-hydrogen) atoms. The van der Waals surface area contributed by atoms with Crippen molar-refractivity contribution in [3.63, 3.8) is 0 Å². The molecule has 1 N–H and O–H groups in total. The van der Waals surface area contributed by atoms with E-state index < -0.39 is 6.04 Å². The summed E-state index contributed by atoms with van der Waals surface area (Å²) in [7, 11) is 0. The Kier molecular flexibility index (Phi) is 8.64. The Morgan fingerprint density at radius 2 is 1.93 bits per heavy atom. The number of carbonyl (C=O) groups is 2. The normalized spacial score (nSPS) is 20.7. The van der Waals surface area contributed by atoms with Crippen LogP contribution in [0.2, 0.25) is 0 Å². The van der Waals surface area contributed by atoms with Crippen LogP contribution >= 0.6 is 11.8 Å². The fraction of sp³-hybridized carbons (Fsp3) is 0.619. The molecule has 1 aliphatic heterocycles. The van der Waals surface area contributed by atoms with Gasteiger partial charge >= 0.3 is 0 Å². The van der Waals surface area contributed by atoms with Gasteiger partial charge in [0.25, 0.3) is 0 Å². The Balaban J connectivity index is 1.92. The predicted octanol–water partition coefficient (Wildman–Crippen LogP) is 3.28. The summed E-state index contributed by atoms with van der Waals surface area (Å²) in [6.45, 7) is 11.1. The first-order valence-electron chi connectivity index (χ1n) is 9.96. The SMILES string of the molecule is CCN(CC)CCC[C@H](C)NC(=O)[C@H]1CS[C@H](c2ccccc2)N1C(C)=O. The number of carbonyl (C=O) groups excluding carboxylic acids is 2. The molecule has 1 heterocycles. The highest BCUT2D eigenvalue weighted by molar-refractivity contribution is 7.99. The summed E-state index contributed by atoms with van der Waals surface area (Å²) >= 11 is 1.66. The summed E-state index contributed by atoms with van der Waals surface area (Å²) in [5.74, 6) is 0.548. The maximum Gasteiger partial charge on any atom is 0.243 e. The maximum atomic E-state index is 12.8. The summed E-state index contributed by atoms with van der Waals surface area (Å²) in [6, 6.07) is 9.66. The third kappa shape index (κ3) is 5.98. The zero-order chi connectivity index (χ0) is 19.8. The first-order valence-corrected chi connectivity index (χ1v) is 11.0. The van der Waals surface area contributed by atoms with Gasteiger partial charge in [0.2, 0.25) is 11.8 Å². The zero-order valence-electron chi connectivity index (χ0n) is 17.0. The van der Waals surface area contributed by atoms with Crippen molar-refractivity contribution in [1.82, 2.24) is 15.1 Å². The van der Waals surface area contributed by atoms with Crippen LogP contribution in [0.5, 0.6) is 0 Å². The molecule has 0 unspecified atom stereocenters. The van der Waals surface area contributed by atoms with Crippen LogP contribution in [0.25, 0.3) is 0 Å². The van der Waals surface area contributed by atoms with Crippen molar-refractivity contribution >= 4 is 23.6 Å². The standard InChI is InChI=1S/C21H33N3O2S/c1-5-23(6-2)14-10-11-16(3)22-20(26)19-15-27-21(24(19)17(4)25)18-12-8-7-9-13-18/h7-9,12-13,16,19,21H,5-6,10-11,14-15H2,1-4H3,(H,22,26)/t16-,19+,21+/m0/s1. The molecule has 1 aromatic rings. The lowest BCUT2D eigenvalue weighted by Crippen LogP contribution is -2.49. The van der Waals surface area contributed by atoms with E-state index in [2.05, 4.69) is 31.0 Å². The van der Waals surface area contributed by atoms with E-state index in [1.54, 1.807) is 23.6 Å². The van der Waals surface area contributed by atoms with Gasteiger partial charge in [0, 0.05) is 18.7 Å². The Morgan fingerprint density at radius 3 is 2.52 bits per heavy atom. The lowest BCUT2D eigenvalue weighted by atomic mass is 10.1. The van der Waals surface area contributed by atoms with Gasteiger partial charge in [-0.05, 0) is 45.0 Å². The largest absolute Gasteiger partial charge is 0.352 e. The minimum absolute atomic E-state index is 0.0357. The Hall–Kier alpha value is -1.53. The number of hydrogen-bond donors (Lipinski definition) is 1. The van der Waals surface area contributed by atoms with E-state index in [-0.39, 0.29) is 23.2 Å². The molecular weight excluding hydrogens is 358 g/mol. The molecule has 0 aliphatic carbocycles. The number of nitrogens with zero attached hydrogens (tertiary/aromatic N) is 2. The molecule has 6 heteroatoms. The van der Waals surface area contributed by atoms with E-state index in [9.17, 15) is 9.59 Å². The summed E-state index contributed by atoms with van der Waals surface area (Å²) < 4.78 is 0. The Morgan fingerprint density at radius 1 is 1.26 bits per heavy atom. The van der Waals surface area contributed by atoms with E-state index in [4.69, 9.17) is 0 Å². The van der Waals surface area contributed by atoms with E-state index in [1.807, 2.05) is 30.3 Å². The monoisotopic (exact) mass is 391 g/mol. The van der Waals surface area contributed by atoms with Gasteiger partial charge in [-0.3, -0.25) is 9.59 Å². The van der Waals surface area contributed by atoms with Gasteiger partial charge < -0.3 is 15.1 Å². The molecule has 1 fully saturated rings. The molecule has 2 amide bonds. The van der Waals surface area contributed by atoms with Crippen LogP contribution in [0, 0.1) is 0 Å². The van der Waals surface area contributed by atoms with Gasteiger partial charge in [0.05, 0.1) is 0 Å². The van der Waals surface area contributed by atoms with E-state index in [1.165, 1.54) is 0 Å². The molecule has 0 aromatic heterocycles. The zero-order valence-corrected chi connectivity index (χ0v) is 17.8. The van der Waals surface area contributed by atoms with Crippen LogP contribution in [0.3, 0.4) is 0 Å². The molecule has 1 aromatic carbocycles.